The summed E-state index contributed by atoms with van der Waals surface area (Å²) < 4.78 is 9.37. The number of hydrogen-bond donors (Lipinski definition) is 1. The fourth-order valence-corrected chi connectivity index (χ4v) is 4.39. The van der Waals surface area contributed by atoms with Gasteiger partial charge < -0.3 is 10.5 Å². The molecule has 2 N–H and O–H groups in total. The van der Waals surface area contributed by atoms with Crippen LogP contribution in [0.2, 0.25) is 0 Å². The highest BCUT2D eigenvalue weighted by Gasteiger charge is 2.41. The van der Waals surface area contributed by atoms with Crippen LogP contribution < -0.4 is 5.73 Å². The van der Waals surface area contributed by atoms with Crippen molar-refractivity contribution in [2.75, 3.05) is 0 Å². The van der Waals surface area contributed by atoms with E-state index in [1.165, 1.54) is 0 Å². The molecule has 8 heteroatoms. The van der Waals surface area contributed by atoms with Crippen LogP contribution in [0.15, 0.2) is 71.8 Å². The predicted molar refractivity (Wildman–Crippen MR) is 112 cm³/mol. The second kappa shape index (κ2) is 7.29. The Morgan fingerprint density at radius 3 is 2.77 bits per heavy atom. The van der Waals surface area contributed by atoms with E-state index in [-0.39, 0.29) is 17.2 Å². The van der Waals surface area contributed by atoms with Crippen molar-refractivity contribution in [3.63, 3.8) is 0 Å². The van der Waals surface area contributed by atoms with E-state index in [9.17, 15) is 10.1 Å². The number of carbonyl (C=O) groups is 1. The number of hydrogen-bond acceptors (Lipinski definition) is 6. The van der Waals surface area contributed by atoms with Gasteiger partial charge in [-0.25, -0.2) is 9.67 Å². The van der Waals surface area contributed by atoms with Crippen LogP contribution in [-0.2, 0) is 9.53 Å². The summed E-state index contributed by atoms with van der Waals surface area (Å²) in [5.74, 6) is 0.649. The summed E-state index contributed by atoms with van der Waals surface area (Å²) in [7, 11) is 0. The van der Waals surface area contributed by atoms with Crippen LogP contribution in [0.25, 0.3) is 11.5 Å². The lowest BCUT2D eigenvalue weighted by atomic mass is 9.77. The van der Waals surface area contributed by atoms with Gasteiger partial charge in [0, 0.05) is 36.4 Å². The van der Waals surface area contributed by atoms with Gasteiger partial charge in [0.05, 0.1) is 17.3 Å². The SMILES string of the molecule is Cc1nn(-c2ccccc2)c(-n2ccnc2)c1C1C(C#N)=C(N)OC2=C1C(=O)CCC2. The minimum absolute atomic E-state index is 0.0186. The number of aromatic nitrogens is 4. The minimum atomic E-state index is -0.642. The predicted octanol–water partition coefficient (Wildman–Crippen LogP) is 3.18. The Morgan fingerprint density at radius 1 is 1.26 bits per heavy atom. The molecule has 1 aliphatic heterocycles. The van der Waals surface area contributed by atoms with Crippen molar-refractivity contribution in [1.29, 1.82) is 5.26 Å². The zero-order valence-corrected chi connectivity index (χ0v) is 16.9. The quantitative estimate of drug-likeness (QED) is 0.707. The number of carbonyl (C=O) groups excluding carboxylic acids is 1. The summed E-state index contributed by atoms with van der Waals surface area (Å²) in [5, 5.41) is 14.7. The number of benzene rings is 1. The third kappa shape index (κ3) is 2.94. The molecule has 3 heterocycles. The number of aryl methyl sites for hydroxylation is 1. The highest BCUT2D eigenvalue weighted by Crippen LogP contribution is 2.46. The molecular formula is C23H20N6O2. The highest BCUT2D eigenvalue weighted by atomic mass is 16.5. The molecule has 2 aliphatic rings. The molecule has 0 amide bonds. The number of imidazole rings is 1. The monoisotopic (exact) mass is 412 g/mol. The van der Waals surface area contributed by atoms with E-state index in [1.807, 2.05) is 48.0 Å². The van der Waals surface area contributed by atoms with E-state index in [0.29, 0.717) is 42.1 Å². The Kier molecular flexibility index (Phi) is 4.44. The molecule has 2 aromatic heterocycles. The molecule has 1 aromatic carbocycles. The van der Waals surface area contributed by atoms with E-state index in [0.717, 1.165) is 11.3 Å². The highest BCUT2D eigenvalue weighted by molar-refractivity contribution is 5.99. The lowest BCUT2D eigenvalue weighted by Gasteiger charge is -2.31. The lowest BCUT2D eigenvalue weighted by molar-refractivity contribution is -0.116. The molecule has 1 aliphatic carbocycles. The van der Waals surface area contributed by atoms with Crippen molar-refractivity contribution in [3.8, 4) is 17.6 Å². The molecule has 154 valence electrons. The Labute approximate surface area is 178 Å². The minimum Gasteiger partial charge on any atom is -0.444 e. The van der Waals surface area contributed by atoms with Gasteiger partial charge in [-0.1, -0.05) is 18.2 Å². The van der Waals surface area contributed by atoms with Gasteiger partial charge in [-0.05, 0) is 25.5 Å². The first-order chi connectivity index (χ1) is 15.1. The number of ketones is 1. The van der Waals surface area contributed by atoms with E-state index >= 15 is 0 Å². The van der Waals surface area contributed by atoms with Crippen LogP contribution in [0.1, 0.15) is 36.4 Å². The maximum atomic E-state index is 13.0. The van der Waals surface area contributed by atoms with Gasteiger partial charge in [-0.3, -0.25) is 9.36 Å². The van der Waals surface area contributed by atoms with E-state index in [4.69, 9.17) is 15.6 Å². The molecule has 0 saturated heterocycles. The number of nitriles is 1. The molecule has 3 aromatic rings. The molecule has 31 heavy (non-hydrogen) atoms. The number of Topliss-reactive ketones (excluding diaryl/α,β-unsaturated/α-hetero) is 1. The average Bonchev–Trinajstić information content (AvgIpc) is 3.41. The fourth-order valence-electron chi connectivity index (χ4n) is 4.39. The van der Waals surface area contributed by atoms with E-state index < -0.39 is 5.92 Å². The van der Waals surface area contributed by atoms with Crippen LogP contribution in [0.4, 0.5) is 0 Å². The van der Waals surface area contributed by atoms with Gasteiger partial charge in [-0.2, -0.15) is 10.4 Å². The van der Waals surface area contributed by atoms with Gasteiger partial charge in [0.2, 0.25) is 5.88 Å². The second-order valence-electron chi connectivity index (χ2n) is 7.58. The number of allylic oxidation sites excluding steroid dienone is 3. The lowest BCUT2D eigenvalue weighted by Crippen LogP contribution is -2.28. The first-order valence-electron chi connectivity index (χ1n) is 10.1. The van der Waals surface area contributed by atoms with Gasteiger partial charge in [0.1, 0.15) is 29.5 Å². The molecule has 0 radical (unpaired) electrons. The van der Waals surface area contributed by atoms with Gasteiger partial charge in [0.25, 0.3) is 0 Å². The van der Waals surface area contributed by atoms with Gasteiger partial charge in [-0.15, -0.1) is 0 Å². The van der Waals surface area contributed by atoms with Gasteiger partial charge >= 0.3 is 0 Å². The van der Waals surface area contributed by atoms with Crippen LogP contribution in [-0.4, -0.2) is 25.1 Å². The molecule has 0 bridgehead atoms. The van der Waals surface area contributed by atoms with Crippen molar-refractivity contribution >= 4 is 5.78 Å². The van der Waals surface area contributed by atoms with Crippen molar-refractivity contribution in [2.24, 2.45) is 5.73 Å². The Bertz CT molecular complexity index is 1280. The van der Waals surface area contributed by atoms with E-state index in [1.54, 1.807) is 17.2 Å². The average molecular weight is 412 g/mol. The molecular weight excluding hydrogens is 392 g/mol. The first-order valence-corrected chi connectivity index (χ1v) is 10.1. The Balaban J connectivity index is 1.83. The maximum absolute atomic E-state index is 13.0. The van der Waals surface area contributed by atoms with Crippen LogP contribution >= 0.6 is 0 Å². The van der Waals surface area contributed by atoms with Crippen LogP contribution in [0.5, 0.6) is 0 Å². The number of ether oxygens (including phenoxy) is 1. The number of nitrogens with two attached hydrogens (primary N) is 1. The van der Waals surface area contributed by atoms with Crippen molar-refractivity contribution < 1.29 is 9.53 Å². The zero-order valence-electron chi connectivity index (χ0n) is 16.9. The summed E-state index contributed by atoms with van der Waals surface area (Å²) in [6.07, 6.45) is 6.91. The largest absolute Gasteiger partial charge is 0.444 e. The van der Waals surface area contributed by atoms with E-state index in [2.05, 4.69) is 11.1 Å². The standard InChI is InChI=1S/C23H20N6O2/c1-14-19(20-16(12-24)22(25)31-18-9-5-8-17(30)21(18)20)23(28-11-10-26-13-28)29(27-14)15-6-3-2-4-7-15/h2-4,6-7,10-11,13,20H,5,8-9,25H2,1H3. The third-order valence-corrected chi connectivity index (χ3v) is 5.72. The number of nitrogens with zero attached hydrogens (tertiary/aromatic N) is 5. The van der Waals surface area contributed by atoms with Crippen molar-refractivity contribution in [1.82, 2.24) is 19.3 Å². The molecule has 0 spiro atoms. The van der Waals surface area contributed by atoms with Crippen LogP contribution in [0.3, 0.4) is 0 Å². The maximum Gasteiger partial charge on any atom is 0.205 e. The molecule has 8 nitrogen and oxygen atoms in total. The number of para-hydroxylation sites is 1. The summed E-state index contributed by atoms with van der Waals surface area (Å²) in [6.45, 7) is 1.88. The first kappa shape index (κ1) is 18.9. The zero-order chi connectivity index (χ0) is 21.5. The fraction of sp³-hybridized carbons (Fsp3) is 0.217. The third-order valence-electron chi connectivity index (χ3n) is 5.72. The van der Waals surface area contributed by atoms with Gasteiger partial charge in [0.15, 0.2) is 5.78 Å². The molecule has 1 unspecified atom stereocenters. The Hall–Kier alpha value is -4.12. The normalized spacial score (nSPS) is 18.6. The summed E-state index contributed by atoms with van der Waals surface area (Å²) in [5.41, 5.74) is 9.18. The summed E-state index contributed by atoms with van der Waals surface area (Å²) in [6, 6.07) is 11.9. The van der Waals surface area contributed by atoms with Crippen molar-refractivity contribution in [3.05, 3.63) is 83.1 Å². The van der Waals surface area contributed by atoms with Crippen LogP contribution in [0, 0.1) is 18.3 Å². The molecule has 1 atom stereocenters. The number of rotatable bonds is 3. The smallest absolute Gasteiger partial charge is 0.205 e. The van der Waals surface area contributed by atoms with Crippen molar-refractivity contribution in [2.45, 2.75) is 32.1 Å². The topological polar surface area (TPSA) is 112 Å². The second-order valence-corrected chi connectivity index (χ2v) is 7.58. The molecule has 5 rings (SSSR count). The summed E-state index contributed by atoms with van der Waals surface area (Å²) in [4.78, 5) is 17.2. The molecule has 0 fully saturated rings. The summed E-state index contributed by atoms with van der Waals surface area (Å²) >= 11 is 0. The molecule has 0 saturated carbocycles. The Morgan fingerprint density at radius 2 is 2.06 bits per heavy atom.